The zero-order valence-electron chi connectivity index (χ0n) is 12.9. The second-order valence-corrected chi connectivity index (χ2v) is 7.26. The average Bonchev–Trinajstić information content (AvgIpc) is 2.48. The van der Waals surface area contributed by atoms with E-state index in [1.54, 1.807) is 0 Å². The van der Waals surface area contributed by atoms with Gasteiger partial charge in [-0.25, -0.2) is 4.39 Å². The predicted octanol–water partition coefficient (Wildman–Crippen LogP) is 6.31. The fourth-order valence-electron chi connectivity index (χ4n) is 1.89. The summed E-state index contributed by atoms with van der Waals surface area (Å²) in [5.74, 6) is -1.63. The van der Waals surface area contributed by atoms with Crippen molar-refractivity contribution in [3.05, 3.63) is 28.5 Å². The molecule has 0 bridgehead atoms. The Bertz CT molecular complexity index is 608. The molecule has 0 aliphatic carbocycles. The van der Waals surface area contributed by atoms with Crippen LogP contribution in [0.25, 0.3) is 0 Å². The zero-order valence-corrected chi connectivity index (χ0v) is 15.3. The zero-order chi connectivity index (χ0) is 20.0. The molecule has 0 spiro atoms. The molecule has 0 saturated carbocycles. The third-order valence-corrected chi connectivity index (χ3v) is 4.90. The van der Waals surface area contributed by atoms with Gasteiger partial charge in [0.1, 0.15) is 0 Å². The molecule has 1 atom stereocenters. The van der Waals surface area contributed by atoms with Crippen LogP contribution in [0.1, 0.15) is 30.1 Å². The van der Waals surface area contributed by atoms with Crippen molar-refractivity contribution < 1.29 is 39.7 Å². The van der Waals surface area contributed by atoms with Crippen LogP contribution >= 0.6 is 23.4 Å². The molecule has 1 aromatic rings. The lowest BCUT2D eigenvalue weighted by Crippen LogP contribution is -2.20. The Morgan fingerprint density at radius 1 is 1.12 bits per heavy atom. The first-order valence-corrected chi connectivity index (χ1v) is 9.30. The van der Waals surface area contributed by atoms with Crippen LogP contribution in [0.5, 0.6) is 5.75 Å². The highest BCUT2D eigenvalue weighted by Crippen LogP contribution is 2.40. The van der Waals surface area contributed by atoms with Gasteiger partial charge in [0.2, 0.25) is 0 Å². The largest absolute Gasteiger partial charge is 0.491 e. The number of thioether (sulfide) groups is 1. The Kier molecular flexibility index (Phi) is 8.87. The molecule has 2 nitrogen and oxygen atoms in total. The molecular weight excluding hydrogens is 433 g/mol. The second-order valence-electron chi connectivity index (χ2n) is 5.03. The van der Waals surface area contributed by atoms with E-state index in [1.807, 2.05) is 0 Å². The van der Waals surface area contributed by atoms with Crippen molar-refractivity contribution >= 4 is 35.0 Å². The van der Waals surface area contributed by atoms with Gasteiger partial charge in [0.05, 0.1) is 17.2 Å². The maximum Gasteiger partial charge on any atom is 0.477 e. The minimum atomic E-state index is -4.87. The summed E-state index contributed by atoms with van der Waals surface area (Å²) in [6.07, 6.45) is -3.96. The first kappa shape index (κ1) is 23.2. The van der Waals surface area contributed by atoms with Gasteiger partial charge < -0.3 is 4.74 Å². The Morgan fingerprint density at radius 3 is 2.31 bits per heavy atom. The van der Waals surface area contributed by atoms with Gasteiger partial charge in [-0.05, 0) is 31.4 Å². The van der Waals surface area contributed by atoms with Gasteiger partial charge in [-0.1, -0.05) is 23.4 Å². The van der Waals surface area contributed by atoms with Crippen LogP contribution in [0, 0.1) is 5.82 Å². The molecule has 1 aromatic carbocycles. The molecule has 26 heavy (non-hydrogen) atoms. The molecule has 0 aliphatic heterocycles. The van der Waals surface area contributed by atoms with E-state index in [0.717, 1.165) is 6.07 Å². The molecule has 0 N–H and O–H groups in total. The van der Waals surface area contributed by atoms with Gasteiger partial charge in [-0.3, -0.25) is 0 Å². The molecule has 0 saturated heterocycles. The van der Waals surface area contributed by atoms with Gasteiger partial charge in [0, 0.05) is 9.96 Å². The Balaban J connectivity index is 2.62. The number of ether oxygens (including phenoxy) is 1. The Hall–Kier alpha value is -0.810. The minimum Gasteiger partial charge on any atom is -0.491 e. The van der Waals surface area contributed by atoms with Crippen molar-refractivity contribution in [3.8, 4) is 5.75 Å². The van der Waals surface area contributed by atoms with Crippen molar-refractivity contribution in [1.82, 2.24) is 0 Å². The first-order chi connectivity index (χ1) is 12.0. The molecule has 1 unspecified atom stereocenters. The standard InChI is InChI=1S/C14H13ClF7O2S2/c15-9-7-10(16)11(6-8(9)12(26-23)13(17,18)19)24-4-2-1-3-5-25-14(20,21)22/h6-7,12H,1-5H2/q+1. The molecule has 0 amide bonds. The van der Waals surface area contributed by atoms with E-state index < -0.39 is 50.8 Å². The first-order valence-electron chi connectivity index (χ1n) is 7.13. The normalized spacial score (nSPS) is 13.5. The van der Waals surface area contributed by atoms with Crippen LogP contribution in [0.2, 0.25) is 5.02 Å². The third kappa shape index (κ3) is 7.83. The van der Waals surface area contributed by atoms with E-state index >= 15 is 0 Å². The predicted molar refractivity (Wildman–Crippen MR) is 86.1 cm³/mol. The van der Waals surface area contributed by atoms with E-state index in [9.17, 15) is 34.9 Å². The highest BCUT2D eigenvalue weighted by Gasteiger charge is 2.53. The summed E-state index contributed by atoms with van der Waals surface area (Å²) in [5.41, 5.74) is -4.91. The smallest absolute Gasteiger partial charge is 0.477 e. The van der Waals surface area contributed by atoms with Crippen LogP contribution in [0.15, 0.2) is 12.1 Å². The van der Waals surface area contributed by atoms with Crippen molar-refractivity contribution in [1.29, 1.82) is 0 Å². The van der Waals surface area contributed by atoms with Crippen molar-refractivity contribution in [3.63, 3.8) is 0 Å². The van der Waals surface area contributed by atoms with Crippen LogP contribution in [0.4, 0.5) is 30.7 Å². The SMILES string of the molecule is O=[S+]C(c1cc(OCCCCCSC(F)(F)F)c(F)cc1Cl)C(F)(F)F. The Morgan fingerprint density at radius 2 is 1.77 bits per heavy atom. The van der Waals surface area contributed by atoms with E-state index in [2.05, 4.69) is 0 Å². The number of unbranched alkanes of at least 4 members (excludes halogenated alkanes) is 2. The van der Waals surface area contributed by atoms with Gasteiger partial charge in [0.15, 0.2) is 11.6 Å². The monoisotopic (exact) mass is 445 g/mol. The summed E-state index contributed by atoms with van der Waals surface area (Å²) < 4.78 is 104. The summed E-state index contributed by atoms with van der Waals surface area (Å²) in [7, 11) is 0. The van der Waals surface area contributed by atoms with Gasteiger partial charge in [-0.15, -0.1) is 0 Å². The van der Waals surface area contributed by atoms with Crippen molar-refractivity contribution in [2.45, 2.75) is 36.2 Å². The van der Waals surface area contributed by atoms with E-state index in [1.165, 1.54) is 0 Å². The summed E-state index contributed by atoms with van der Waals surface area (Å²) in [5, 5.41) is -3.03. The number of hydrogen-bond acceptors (Lipinski definition) is 3. The van der Waals surface area contributed by atoms with E-state index in [0.29, 0.717) is 12.5 Å². The number of alkyl halides is 6. The summed E-state index contributed by atoms with van der Waals surface area (Å²) in [6, 6.07) is 1.35. The quantitative estimate of drug-likeness (QED) is 0.253. The molecule has 1 rings (SSSR count). The maximum atomic E-state index is 13.8. The summed E-state index contributed by atoms with van der Waals surface area (Å²) >= 11 is 4.71. The molecule has 0 heterocycles. The summed E-state index contributed by atoms with van der Waals surface area (Å²) in [6.45, 7) is -0.101. The van der Waals surface area contributed by atoms with Crippen LogP contribution < -0.4 is 4.74 Å². The van der Waals surface area contributed by atoms with Gasteiger partial charge >= 0.3 is 28.6 Å². The fraction of sp³-hybridized carbons (Fsp3) is 0.571. The minimum absolute atomic E-state index is 0.101. The number of halogens is 8. The molecule has 0 radical (unpaired) electrons. The maximum absolute atomic E-state index is 13.8. The van der Waals surface area contributed by atoms with E-state index in [-0.39, 0.29) is 37.0 Å². The molecule has 148 valence electrons. The molecule has 0 fully saturated rings. The topological polar surface area (TPSA) is 26.3 Å². The lowest BCUT2D eigenvalue weighted by molar-refractivity contribution is -0.130. The lowest BCUT2D eigenvalue weighted by atomic mass is 10.1. The van der Waals surface area contributed by atoms with Gasteiger partial charge in [0.25, 0.3) is 0 Å². The number of hydrogen-bond donors (Lipinski definition) is 0. The van der Waals surface area contributed by atoms with Gasteiger partial charge in [-0.2, -0.15) is 26.3 Å². The van der Waals surface area contributed by atoms with Crippen molar-refractivity contribution in [2.24, 2.45) is 0 Å². The molecule has 0 aromatic heterocycles. The van der Waals surface area contributed by atoms with Crippen LogP contribution in [-0.2, 0) is 15.9 Å². The van der Waals surface area contributed by atoms with E-state index in [4.69, 9.17) is 16.3 Å². The molecule has 0 aliphatic rings. The number of benzene rings is 1. The van der Waals surface area contributed by atoms with Crippen LogP contribution in [0.3, 0.4) is 0 Å². The Labute approximate surface area is 157 Å². The third-order valence-electron chi connectivity index (χ3n) is 3.04. The molecular formula is C14H13ClF7O2S2+. The second kappa shape index (κ2) is 9.93. The lowest BCUT2D eigenvalue weighted by Gasteiger charge is -2.12. The highest BCUT2D eigenvalue weighted by atomic mass is 35.5. The van der Waals surface area contributed by atoms with Crippen molar-refractivity contribution in [2.75, 3.05) is 12.4 Å². The van der Waals surface area contributed by atoms with Crippen LogP contribution in [-0.4, -0.2) is 24.0 Å². The number of rotatable bonds is 9. The highest BCUT2D eigenvalue weighted by molar-refractivity contribution is 8.00. The summed E-state index contributed by atoms with van der Waals surface area (Å²) in [4.78, 5) is 0. The fourth-order valence-corrected chi connectivity index (χ4v) is 3.20. The average molecular weight is 446 g/mol. The molecule has 12 heteroatoms.